The van der Waals surface area contributed by atoms with Gasteiger partial charge in [0.2, 0.25) is 0 Å². The van der Waals surface area contributed by atoms with Crippen LogP contribution in [0.3, 0.4) is 0 Å². The topological polar surface area (TPSA) is 54.9 Å². The summed E-state index contributed by atoms with van der Waals surface area (Å²) in [5.74, 6) is 0.632. The Kier molecular flexibility index (Phi) is 3.84. The second kappa shape index (κ2) is 5.75. The molecule has 5 heteroatoms. The maximum atomic E-state index is 12.3. The zero-order valence-electron chi connectivity index (χ0n) is 10.7. The van der Waals surface area contributed by atoms with Crippen molar-refractivity contribution in [2.75, 3.05) is 12.3 Å². The molecule has 0 spiro atoms. The van der Waals surface area contributed by atoms with Crippen LogP contribution >= 0.6 is 0 Å². The molecule has 1 N–H and O–H groups in total. The number of nitrogens with zero attached hydrogens (tertiary/aromatic N) is 2. The fourth-order valence-electron chi connectivity index (χ4n) is 2.38. The van der Waals surface area contributed by atoms with Crippen LogP contribution in [0.1, 0.15) is 19.3 Å². The number of nitrogens with one attached hydrogen (secondary N) is 1. The minimum atomic E-state index is -1.07. The van der Waals surface area contributed by atoms with E-state index in [9.17, 15) is 4.21 Å². The Morgan fingerprint density at radius 1 is 1.26 bits per heavy atom. The summed E-state index contributed by atoms with van der Waals surface area (Å²) < 4.78 is 12.3. The number of fused-ring (bicyclic) bond motifs is 1. The van der Waals surface area contributed by atoms with Crippen LogP contribution in [0.25, 0.3) is 11.0 Å². The zero-order valence-corrected chi connectivity index (χ0v) is 11.5. The molecule has 0 amide bonds. The van der Waals surface area contributed by atoms with E-state index in [1.165, 1.54) is 12.8 Å². The monoisotopic (exact) mass is 275 g/mol. The molecule has 1 saturated heterocycles. The molecule has 1 aromatic heterocycles. The minimum absolute atomic E-state index is 0.350. The van der Waals surface area contributed by atoms with Gasteiger partial charge in [-0.05, 0) is 31.5 Å². The summed E-state index contributed by atoms with van der Waals surface area (Å²) >= 11 is 0. The standard InChI is InChI=1S/C14H17N3OS/c18-19(10-11-5-3-4-8-15-11)14-9-16-12-6-1-2-7-13(12)17-14/h1-2,6-7,9,11,15H,3-5,8,10H2/t11-,19+/m1/s1. The molecule has 0 radical (unpaired) electrons. The highest BCUT2D eigenvalue weighted by Gasteiger charge is 2.17. The number of piperidine rings is 1. The number of rotatable bonds is 3. The van der Waals surface area contributed by atoms with E-state index in [-0.39, 0.29) is 0 Å². The molecular weight excluding hydrogens is 258 g/mol. The molecule has 1 aliphatic rings. The summed E-state index contributed by atoms with van der Waals surface area (Å²) in [7, 11) is -1.07. The fraction of sp³-hybridized carbons (Fsp3) is 0.429. The van der Waals surface area contributed by atoms with Crippen molar-refractivity contribution in [3.8, 4) is 0 Å². The van der Waals surface area contributed by atoms with Crippen molar-refractivity contribution in [2.45, 2.75) is 30.3 Å². The van der Waals surface area contributed by atoms with Gasteiger partial charge in [-0.1, -0.05) is 18.6 Å². The highest BCUT2D eigenvalue weighted by atomic mass is 32.2. The normalized spacial score (nSPS) is 21.4. The van der Waals surface area contributed by atoms with Crippen molar-refractivity contribution in [1.29, 1.82) is 0 Å². The number of hydrogen-bond acceptors (Lipinski definition) is 4. The quantitative estimate of drug-likeness (QED) is 0.929. The lowest BCUT2D eigenvalue weighted by molar-refractivity contribution is 0.427. The van der Waals surface area contributed by atoms with E-state index in [0.717, 1.165) is 24.0 Å². The highest BCUT2D eigenvalue weighted by molar-refractivity contribution is 7.85. The van der Waals surface area contributed by atoms with Crippen molar-refractivity contribution in [2.24, 2.45) is 0 Å². The van der Waals surface area contributed by atoms with Crippen molar-refractivity contribution in [3.63, 3.8) is 0 Å². The minimum Gasteiger partial charge on any atom is -0.313 e. The molecule has 19 heavy (non-hydrogen) atoms. The van der Waals surface area contributed by atoms with Gasteiger partial charge in [0, 0.05) is 11.8 Å². The number of aromatic nitrogens is 2. The van der Waals surface area contributed by atoms with E-state index in [1.807, 2.05) is 24.3 Å². The van der Waals surface area contributed by atoms with Crippen LogP contribution in [-0.2, 0) is 10.8 Å². The summed E-state index contributed by atoms with van der Waals surface area (Å²) in [5, 5.41) is 4.00. The first-order chi connectivity index (χ1) is 9.33. The fourth-order valence-corrected chi connectivity index (χ4v) is 3.58. The second-order valence-corrected chi connectivity index (χ2v) is 6.30. The third-order valence-corrected chi connectivity index (χ3v) is 4.79. The van der Waals surface area contributed by atoms with Gasteiger partial charge in [0.15, 0.2) is 0 Å². The molecule has 100 valence electrons. The van der Waals surface area contributed by atoms with Crippen molar-refractivity contribution < 1.29 is 4.21 Å². The van der Waals surface area contributed by atoms with Gasteiger partial charge in [0.25, 0.3) is 0 Å². The SMILES string of the molecule is O=[S@@](C[C@H]1CCCCN1)c1cnc2ccccc2n1. The third kappa shape index (κ3) is 2.98. The predicted octanol–water partition coefficient (Wildman–Crippen LogP) is 1.88. The average molecular weight is 275 g/mol. The van der Waals surface area contributed by atoms with E-state index < -0.39 is 10.8 Å². The molecular formula is C14H17N3OS. The summed E-state index contributed by atoms with van der Waals surface area (Å²) in [6.07, 6.45) is 5.19. The van der Waals surface area contributed by atoms with E-state index in [0.29, 0.717) is 16.8 Å². The summed E-state index contributed by atoms with van der Waals surface area (Å²) in [6, 6.07) is 8.02. The van der Waals surface area contributed by atoms with Crippen molar-refractivity contribution in [3.05, 3.63) is 30.5 Å². The van der Waals surface area contributed by atoms with Gasteiger partial charge in [-0.15, -0.1) is 0 Å². The van der Waals surface area contributed by atoms with Crippen molar-refractivity contribution in [1.82, 2.24) is 15.3 Å². The Bertz CT molecular complexity index is 596. The van der Waals surface area contributed by atoms with Crippen LogP contribution in [0.2, 0.25) is 0 Å². The van der Waals surface area contributed by atoms with Gasteiger partial charge < -0.3 is 5.32 Å². The van der Waals surface area contributed by atoms with Crippen LogP contribution in [0, 0.1) is 0 Å². The van der Waals surface area contributed by atoms with Crippen LogP contribution in [-0.4, -0.2) is 32.5 Å². The molecule has 0 aliphatic carbocycles. The Morgan fingerprint density at radius 3 is 2.89 bits per heavy atom. The Labute approximate surface area is 115 Å². The molecule has 1 fully saturated rings. The molecule has 2 heterocycles. The highest BCUT2D eigenvalue weighted by Crippen LogP contribution is 2.14. The molecule has 0 saturated carbocycles. The average Bonchev–Trinajstić information content (AvgIpc) is 2.48. The molecule has 2 atom stereocenters. The smallest absolute Gasteiger partial charge is 0.146 e. The Balaban J connectivity index is 1.77. The number of hydrogen-bond donors (Lipinski definition) is 1. The van der Waals surface area contributed by atoms with Gasteiger partial charge in [0.05, 0.1) is 28.0 Å². The van der Waals surface area contributed by atoms with E-state index >= 15 is 0 Å². The third-order valence-electron chi connectivity index (χ3n) is 3.42. The number of para-hydroxylation sites is 2. The van der Waals surface area contributed by atoms with Gasteiger partial charge in [-0.2, -0.15) is 0 Å². The summed E-state index contributed by atoms with van der Waals surface area (Å²) in [6.45, 7) is 1.03. The Hall–Kier alpha value is -1.33. The first-order valence-electron chi connectivity index (χ1n) is 6.66. The van der Waals surface area contributed by atoms with Crippen LogP contribution in [0.15, 0.2) is 35.5 Å². The summed E-state index contributed by atoms with van der Waals surface area (Å²) in [4.78, 5) is 8.77. The van der Waals surface area contributed by atoms with Gasteiger partial charge >= 0.3 is 0 Å². The summed E-state index contributed by atoms with van der Waals surface area (Å²) in [5.41, 5.74) is 1.66. The van der Waals surface area contributed by atoms with Gasteiger partial charge in [-0.3, -0.25) is 9.19 Å². The second-order valence-electron chi connectivity index (χ2n) is 4.86. The first-order valence-corrected chi connectivity index (χ1v) is 7.98. The first kappa shape index (κ1) is 12.7. The number of benzene rings is 1. The molecule has 4 nitrogen and oxygen atoms in total. The Morgan fingerprint density at radius 2 is 2.11 bits per heavy atom. The predicted molar refractivity (Wildman–Crippen MR) is 76.5 cm³/mol. The maximum Gasteiger partial charge on any atom is 0.146 e. The van der Waals surface area contributed by atoms with Gasteiger partial charge in [-0.25, -0.2) is 4.98 Å². The van der Waals surface area contributed by atoms with Crippen molar-refractivity contribution >= 4 is 21.8 Å². The van der Waals surface area contributed by atoms with E-state index in [1.54, 1.807) is 6.20 Å². The lowest BCUT2D eigenvalue weighted by Gasteiger charge is -2.22. The molecule has 2 aromatic rings. The molecule has 0 unspecified atom stereocenters. The van der Waals surface area contributed by atoms with Crippen LogP contribution < -0.4 is 5.32 Å². The van der Waals surface area contributed by atoms with E-state index in [2.05, 4.69) is 15.3 Å². The molecule has 1 aliphatic heterocycles. The molecule has 0 bridgehead atoms. The van der Waals surface area contributed by atoms with Gasteiger partial charge in [0.1, 0.15) is 5.03 Å². The molecule has 3 rings (SSSR count). The van der Waals surface area contributed by atoms with Crippen LogP contribution in [0.5, 0.6) is 0 Å². The lowest BCUT2D eigenvalue weighted by atomic mass is 10.1. The largest absolute Gasteiger partial charge is 0.313 e. The van der Waals surface area contributed by atoms with Crippen LogP contribution in [0.4, 0.5) is 0 Å². The van der Waals surface area contributed by atoms with E-state index in [4.69, 9.17) is 0 Å². The lowest BCUT2D eigenvalue weighted by Crippen LogP contribution is -2.38. The molecule has 1 aromatic carbocycles. The zero-order chi connectivity index (χ0) is 13.1. The maximum absolute atomic E-state index is 12.3.